The van der Waals surface area contributed by atoms with Gasteiger partial charge in [0.1, 0.15) is 22.3 Å². The zero-order valence-corrected chi connectivity index (χ0v) is 51.4. The molecule has 6 aliphatic carbocycles. The second-order valence-corrected chi connectivity index (χ2v) is 27.7. The zero-order chi connectivity index (χ0) is 60.3. The highest BCUT2D eigenvalue weighted by Crippen LogP contribution is 2.70. The summed E-state index contributed by atoms with van der Waals surface area (Å²) in [5, 5.41) is 4.71. The van der Waals surface area contributed by atoms with Crippen LogP contribution in [0.2, 0.25) is 0 Å². The second-order valence-electron chi connectivity index (χ2n) is 27.7. The maximum absolute atomic E-state index is 7.19. The van der Waals surface area contributed by atoms with Crippen LogP contribution in [0.3, 0.4) is 0 Å². The summed E-state index contributed by atoms with van der Waals surface area (Å²) in [6.07, 6.45) is 0. The maximum Gasteiger partial charge on any atom is 0.144 e. The van der Waals surface area contributed by atoms with E-state index < -0.39 is 16.2 Å². The van der Waals surface area contributed by atoms with E-state index in [4.69, 9.17) is 8.83 Å². The zero-order valence-electron chi connectivity index (χ0n) is 51.4. The van der Waals surface area contributed by atoms with Gasteiger partial charge in [0.2, 0.25) is 0 Å². The fraction of sp³-hybridized carbons (Fsp3) is 0.114. The number of furan rings is 2. The lowest BCUT2D eigenvalue weighted by molar-refractivity contribution is 0.600. The van der Waals surface area contributed by atoms with E-state index in [2.05, 4.69) is 295 Å². The van der Waals surface area contributed by atoms with Crippen molar-refractivity contribution in [2.45, 2.75) is 63.2 Å². The van der Waals surface area contributed by atoms with Crippen molar-refractivity contribution in [1.82, 2.24) is 0 Å². The molecule has 2 heterocycles. The van der Waals surface area contributed by atoms with Crippen LogP contribution >= 0.6 is 0 Å². The number of hydrogen-bond acceptors (Lipinski definition) is 3. The Morgan fingerprint density at radius 3 is 1.35 bits per heavy atom. The summed E-state index contributed by atoms with van der Waals surface area (Å²) in [4.78, 5) is 2.59. The van der Waals surface area contributed by atoms with Gasteiger partial charge in [-0.05, 0) is 208 Å². The molecule has 0 saturated carbocycles. The molecule has 0 N–H and O–H groups in total. The van der Waals surface area contributed by atoms with Gasteiger partial charge in [0.25, 0.3) is 0 Å². The Hall–Kier alpha value is -10.7. The lowest BCUT2D eigenvalue weighted by Gasteiger charge is -2.34. The average Bonchev–Trinajstić information content (AvgIpc) is 1.49. The molecule has 21 rings (SSSR count). The number of benzene rings is 13. The van der Waals surface area contributed by atoms with Gasteiger partial charge in [-0.15, -0.1) is 0 Å². The van der Waals surface area contributed by atoms with Gasteiger partial charge in [-0.25, -0.2) is 0 Å². The van der Waals surface area contributed by atoms with Crippen molar-refractivity contribution in [2.75, 3.05) is 4.90 Å². The van der Waals surface area contributed by atoms with Crippen LogP contribution in [-0.4, -0.2) is 0 Å². The summed E-state index contributed by atoms with van der Waals surface area (Å²) in [5.74, 6) is 0. The van der Waals surface area contributed by atoms with Crippen LogP contribution in [0.1, 0.15) is 106 Å². The molecule has 13 aromatic carbocycles. The van der Waals surface area contributed by atoms with Crippen molar-refractivity contribution >= 4 is 60.9 Å². The molecule has 3 nitrogen and oxygen atoms in total. The molecule has 0 saturated heterocycles. The number of anilines is 3. The number of hydrogen-bond donors (Lipinski definition) is 0. The monoisotopic (exact) mass is 1160 g/mol. The summed E-state index contributed by atoms with van der Waals surface area (Å²) in [6, 6.07) is 94.9. The van der Waals surface area contributed by atoms with Crippen molar-refractivity contribution in [1.29, 1.82) is 0 Å². The first kappa shape index (κ1) is 50.2. The van der Waals surface area contributed by atoms with Crippen LogP contribution in [0.4, 0.5) is 17.1 Å². The molecular weight excluding hydrogens is 1100 g/mol. The third-order valence-electron chi connectivity index (χ3n) is 22.9. The van der Waals surface area contributed by atoms with Crippen molar-refractivity contribution < 1.29 is 8.83 Å². The first-order valence-electron chi connectivity index (χ1n) is 32.3. The Bertz CT molecular complexity index is 5780. The molecule has 0 aliphatic heterocycles. The normalized spacial score (nSPS) is 15.7. The molecule has 428 valence electrons. The molecule has 15 aromatic rings. The van der Waals surface area contributed by atoms with Gasteiger partial charge in [-0.1, -0.05) is 222 Å². The minimum atomic E-state index is -0.673. The van der Waals surface area contributed by atoms with Gasteiger partial charge in [0.15, 0.2) is 0 Å². The molecule has 0 bridgehead atoms. The minimum absolute atomic E-state index is 0.249. The highest BCUT2D eigenvalue weighted by atomic mass is 16.3. The number of rotatable bonds is 3. The average molecular weight is 1160 g/mol. The van der Waals surface area contributed by atoms with Gasteiger partial charge in [-0.2, -0.15) is 0 Å². The van der Waals surface area contributed by atoms with E-state index >= 15 is 0 Å². The van der Waals surface area contributed by atoms with Crippen LogP contribution in [0.15, 0.2) is 258 Å². The van der Waals surface area contributed by atoms with E-state index in [1.165, 1.54) is 166 Å². The highest BCUT2D eigenvalue weighted by Gasteiger charge is 2.57. The molecule has 0 radical (unpaired) electrons. The molecule has 91 heavy (non-hydrogen) atoms. The maximum atomic E-state index is 7.19. The first-order chi connectivity index (χ1) is 44.5. The highest BCUT2D eigenvalue weighted by molar-refractivity contribution is 6.21. The SMILES string of the molecule is Cc1cccc(C)c1N(c1ccc2c(c1)C(C)(C)c1c3c(c4c(oc5ccccc54)c1-2)-c1ccccc1C3(C)C)c1ccc2c(c1)C1(c3ccccc3-c3ccccc31)c1cc3c(cc1-2)C1(c2ccccc2-c2ccccc21)c1ccc2oc4ccccc4c2c1-3. The van der Waals surface area contributed by atoms with Crippen LogP contribution in [0.5, 0.6) is 0 Å². The predicted molar refractivity (Wildman–Crippen MR) is 373 cm³/mol. The number of aryl methyl sites for hydroxylation is 2. The molecular formula is C88H59NO2. The predicted octanol–water partition coefficient (Wildman–Crippen LogP) is 22.9. The lowest BCUT2D eigenvalue weighted by atomic mass is 9.68. The minimum Gasteiger partial charge on any atom is -0.456 e. The Balaban J connectivity index is 0.840. The van der Waals surface area contributed by atoms with Gasteiger partial charge in [0.05, 0.1) is 16.5 Å². The Kier molecular flexibility index (Phi) is 9.23. The number of nitrogens with zero attached hydrogens (tertiary/aromatic N) is 1. The van der Waals surface area contributed by atoms with E-state index in [0.29, 0.717) is 0 Å². The number of para-hydroxylation sites is 3. The smallest absolute Gasteiger partial charge is 0.144 e. The van der Waals surface area contributed by atoms with E-state index in [-0.39, 0.29) is 5.41 Å². The van der Waals surface area contributed by atoms with E-state index in [9.17, 15) is 0 Å². The quantitative estimate of drug-likeness (QED) is 0.177. The fourth-order valence-electron chi connectivity index (χ4n) is 19.4. The molecule has 0 unspecified atom stereocenters. The third kappa shape index (κ3) is 5.73. The fourth-order valence-corrected chi connectivity index (χ4v) is 19.4. The summed E-state index contributed by atoms with van der Waals surface area (Å²) in [7, 11) is 0. The van der Waals surface area contributed by atoms with Crippen LogP contribution in [0, 0.1) is 13.8 Å². The summed E-state index contributed by atoms with van der Waals surface area (Å²) in [6.45, 7) is 14.4. The lowest BCUT2D eigenvalue weighted by Crippen LogP contribution is -2.27. The van der Waals surface area contributed by atoms with Gasteiger partial charge in [-0.3, -0.25) is 0 Å². The molecule has 0 amide bonds. The summed E-state index contributed by atoms with van der Waals surface area (Å²) in [5.41, 5.74) is 39.0. The van der Waals surface area contributed by atoms with Crippen molar-refractivity contribution in [3.05, 3.63) is 327 Å². The first-order valence-corrected chi connectivity index (χ1v) is 32.3. The number of fused-ring (bicyclic) bond motifs is 36. The van der Waals surface area contributed by atoms with Gasteiger partial charge in [0, 0.05) is 49.3 Å². The van der Waals surface area contributed by atoms with E-state index in [0.717, 1.165) is 39.1 Å². The molecule has 2 spiro atoms. The summed E-state index contributed by atoms with van der Waals surface area (Å²) >= 11 is 0. The van der Waals surface area contributed by atoms with Crippen molar-refractivity contribution in [3.63, 3.8) is 0 Å². The van der Waals surface area contributed by atoms with Gasteiger partial charge < -0.3 is 13.7 Å². The van der Waals surface area contributed by atoms with E-state index in [1.807, 2.05) is 0 Å². The standard InChI is InChI=1S/C88H59NO2/c1-48-22-21-23-49(2)83(48)89(50-39-41-58-69(44-50)86(5,6)82-80(58)84-79(60-30-13-20-37-74(60)91-84)78-57-28-11-14-31-63(57)85(3,4)81(78)82)51-38-40-56-61-46-72-62(47-71(61)88(70(56)45-51)66-34-17-9-26-54(66)55-27-10-18-35-67(55)88)76-68(42-43-75-77(76)59-29-12-19-36-73(59)90-75)87(72)64-32-15-7-24-52(64)53-25-8-16-33-65(53)87/h7-47H,1-6H3. The Morgan fingerprint density at radius 1 is 0.286 bits per heavy atom. The molecule has 2 aromatic heterocycles. The molecule has 0 fully saturated rings. The largest absolute Gasteiger partial charge is 0.456 e. The second kappa shape index (κ2) is 16.7. The van der Waals surface area contributed by atoms with E-state index in [1.54, 1.807) is 0 Å². The Morgan fingerprint density at radius 2 is 0.725 bits per heavy atom. The topological polar surface area (TPSA) is 29.5 Å². The van der Waals surface area contributed by atoms with Crippen molar-refractivity contribution in [2.24, 2.45) is 0 Å². The summed E-state index contributed by atoms with van der Waals surface area (Å²) < 4.78 is 14.0. The van der Waals surface area contributed by atoms with Crippen LogP contribution < -0.4 is 4.90 Å². The molecule has 0 atom stereocenters. The van der Waals surface area contributed by atoms with Crippen LogP contribution in [0.25, 0.3) is 111 Å². The van der Waals surface area contributed by atoms with Gasteiger partial charge >= 0.3 is 0 Å². The molecule has 6 aliphatic rings. The Labute approximate surface area is 528 Å². The van der Waals surface area contributed by atoms with Crippen LogP contribution in [-0.2, 0) is 21.7 Å². The van der Waals surface area contributed by atoms with Crippen molar-refractivity contribution in [3.8, 4) is 66.8 Å². The third-order valence-corrected chi connectivity index (χ3v) is 22.9. The molecule has 3 heteroatoms.